The van der Waals surface area contributed by atoms with E-state index in [0.717, 1.165) is 16.1 Å². The molecule has 2 amide bonds. The fourth-order valence-corrected chi connectivity index (χ4v) is 4.78. The maximum Gasteiger partial charge on any atom is 0.244 e. The Morgan fingerprint density at radius 3 is 1.97 bits per heavy atom. The van der Waals surface area contributed by atoms with E-state index < -0.39 is 34.3 Å². The highest BCUT2D eigenvalue weighted by Gasteiger charge is 2.33. The first-order valence-electron chi connectivity index (χ1n) is 12.0. The molecule has 0 spiro atoms. The number of sulfonamides is 1. The normalized spacial score (nSPS) is 12.1. The van der Waals surface area contributed by atoms with Crippen LogP contribution in [-0.4, -0.2) is 50.0 Å². The Morgan fingerprint density at radius 2 is 1.43 bits per heavy atom. The molecule has 0 aliphatic heterocycles. The van der Waals surface area contributed by atoms with Crippen molar-refractivity contribution in [2.45, 2.75) is 38.9 Å². The van der Waals surface area contributed by atoms with E-state index in [1.54, 1.807) is 42.5 Å². The van der Waals surface area contributed by atoms with Gasteiger partial charge in [0.1, 0.15) is 18.4 Å². The van der Waals surface area contributed by atoms with Crippen molar-refractivity contribution in [2.24, 2.45) is 0 Å². The summed E-state index contributed by atoms with van der Waals surface area (Å²) >= 11 is 0. The number of amides is 2. The van der Waals surface area contributed by atoms with Gasteiger partial charge in [-0.25, -0.2) is 12.8 Å². The largest absolute Gasteiger partial charge is 0.352 e. The average Bonchev–Trinajstić information content (AvgIpc) is 2.85. The molecule has 7 nitrogen and oxygen atoms in total. The van der Waals surface area contributed by atoms with E-state index in [4.69, 9.17) is 0 Å². The predicted octanol–water partition coefficient (Wildman–Crippen LogP) is 3.76. The lowest BCUT2D eigenvalue weighted by Crippen LogP contribution is -2.54. The van der Waals surface area contributed by atoms with Gasteiger partial charge in [0, 0.05) is 19.0 Å². The lowest BCUT2D eigenvalue weighted by Gasteiger charge is -2.34. The van der Waals surface area contributed by atoms with Gasteiger partial charge in [0.15, 0.2) is 0 Å². The number of rotatable bonds is 11. The molecule has 0 saturated carbocycles. The highest BCUT2D eigenvalue weighted by Crippen LogP contribution is 2.20. The highest BCUT2D eigenvalue weighted by molar-refractivity contribution is 7.92. The van der Waals surface area contributed by atoms with Crippen molar-refractivity contribution in [3.8, 4) is 0 Å². The van der Waals surface area contributed by atoms with Crippen molar-refractivity contribution in [3.63, 3.8) is 0 Å². The van der Waals surface area contributed by atoms with Gasteiger partial charge < -0.3 is 10.2 Å². The van der Waals surface area contributed by atoms with E-state index in [2.05, 4.69) is 5.32 Å². The van der Waals surface area contributed by atoms with E-state index in [9.17, 15) is 22.4 Å². The Labute approximate surface area is 218 Å². The van der Waals surface area contributed by atoms with Crippen molar-refractivity contribution in [3.05, 3.63) is 102 Å². The van der Waals surface area contributed by atoms with E-state index in [-0.39, 0.29) is 24.9 Å². The minimum Gasteiger partial charge on any atom is -0.352 e. The van der Waals surface area contributed by atoms with Crippen molar-refractivity contribution in [1.82, 2.24) is 10.2 Å². The Kier molecular flexibility index (Phi) is 9.41. The summed E-state index contributed by atoms with van der Waals surface area (Å²) in [5.74, 6) is -1.34. The van der Waals surface area contributed by atoms with Crippen LogP contribution in [-0.2, 0) is 32.6 Å². The van der Waals surface area contributed by atoms with E-state index in [1.807, 2.05) is 44.2 Å². The Balaban J connectivity index is 2.03. The first-order valence-corrected chi connectivity index (χ1v) is 13.8. The number of nitrogens with zero attached hydrogens (tertiary/aromatic N) is 2. The highest BCUT2D eigenvalue weighted by atomic mass is 32.2. The summed E-state index contributed by atoms with van der Waals surface area (Å²) in [5, 5.41) is 2.88. The van der Waals surface area contributed by atoms with Crippen LogP contribution in [0.15, 0.2) is 84.9 Å². The third kappa shape index (κ3) is 8.15. The maximum absolute atomic E-state index is 13.8. The summed E-state index contributed by atoms with van der Waals surface area (Å²) in [5.41, 5.74) is 1.79. The van der Waals surface area contributed by atoms with Gasteiger partial charge in [0.25, 0.3) is 0 Å². The third-order valence-corrected chi connectivity index (χ3v) is 6.83. The van der Waals surface area contributed by atoms with E-state index >= 15 is 0 Å². The summed E-state index contributed by atoms with van der Waals surface area (Å²) in [7, 11) is -3.81. The number of anilines is 1. The third-order valence-electron chi connectivity index (χ3n) is 5.69. The fourth-order valence-electron chi connectivity index (χ4n) is 3.93. The molecular formula is C28H32FN3O4S. The van der Waals surface area contributed by atoms with Crippen molar-refractivity contribution in [2.75, 3.05) is 17.1 Å². The van der Waals surface area contributed by atoms with Gasteiger partial charge in [0.2, 0.25) is 21.8 Å². The van der Waals surface area contributed by atoms with Crippen LogP contribution in [0.2, 0.25) is 0 Å². The lowest BCUT2D eigenvalue weighted by molar-refractivity contribution is -0.140. The molecule has 1 unspecified atom stereocenters. The smallest absolute Gasteiger partial charge is 0.244 e. The average molecular weight is 526 g/mol. The molecule has 0 bridgehead atoms. The van der Waals surface area contributed by atoms with Gasteiger partial charge in [-0.1, -0.05) is 60.7 Å². The lowest BCUT2D eigenvalue weighted by atomic mass is 10.0. The standard InChI is InChI=1S/C28H32FN3O4S/c1-21(2)30-28(34)26(18-22-10-6-4-7-11-22)31(19-23-14-16-24(29)17-15-23)27(33)20-32(37(3,35)36)25-12-8-5-9-13-25/h4-17,21,26H,18-20H2,1-3H3,(H,30,34). The van der Waals surface area contributed by atoms with Crippen LogP contribution in [0.1, 0.15) is 25.0 Å². The summed E-state index contributed by atoms with van der Waals surface area (Å²) < 4.78 is 39.9. The SMILES string of the molecule is CC(C)NC(=O)C(Cc1ccccc1)N(Cc1ccc(F)cc1)C(=O)CN(c1ccccc1)S(C)(=O)=O. The molecule has 3 aromatic carbocycles. The molecular weight excluding hydrogens is 493 g/mol. The predicted molar refractivity (Wildman–Crippen MR) is 143 cm³/mol. The quantitative estimate of drug-likeness (QED) is 0.413. The monoisotopic (exact) mass is 525 g/mol. The Hall–Kier alpha value is -3.72. The number of hydrogen-bond acceptors (Lipinski definition) is 4. The topological polar surface area (TPSA) is 86.8 Å². The molecule has 3 rings (SSSR count). The van der Waals surface area contributed by atoms with Crippen LogP contribution in [0, 0.1) is 5.82 Å². The van der Waals surface area contributed by atoms with Gasteiger partial charge in [0.05, 0.1) is 11.9 Å². The van der Waals surface area contributed by atoms with Crippen molar-refractivity contribution < 1.29 is 22.4 Å². The number of benzene rings is 3. The van der Waals surface area contributed by atoms with Crippen LogP contribution in [0.5, 0.6) is 0 Å². The van der Waals surface area contributed by atoms with Gasteiger partial charge in [-0.3, -0.25) is 13.9 Å². The fraction of sp³-hybridized carbons (Fsp3) is 0.286. The van der Waals surface area contributed by atoms with Crippen molar-refractivity contribution >= 4 is 27.5 Å². The second-order valence-corrected chi connectivity index (χ2v) is 11.0. The molecule has 9 heteroatoms. The zero-order valence-electron chi connectivity index (χ0n) is 21.2. The molecule has 1 N–H and O–H groups in total. The number of nitrogens with one attached hydrogen (secondary N) is 1. The maximum atomic E-state index is 13.8. The van der Waals surface area contributed by atoms with E-state index in [0.29, 0.717) is 11.3 Å². The molecule has 0 fully saturated rings. The van der Waals surface area contributed by atoms with Crippen LogP contribution >= 0.6 is 0 Å². The molecule has 0 aliphatic rings. The molecule has 1 atom stereocenters. The molecule has 0 saturated heterocycles. The number of carbonyl (C=O) groups excluding carboxylic acids is 2. The second kappa shape index (κ2) is 12.5. The second-order valence-electron chi connectivity index (χ2n) is 9.12. The molecule has 3 aromatic rings. The number of carbonyl (C=O) groups is 2. The first-order chi connectivity index (χ1) is 17.5. The minimum absolute atomic E-state index is 0.00544. The minimum atomic E-state index is -3.81. The van der Waals surface area contributed by atoms with Crippen molar-refractivity contribution in [1.29, 1.82) is 0 Å². The summed E-state index contributed by atoms with van der Waals surface area (Å²) in [6.07, 6.45) is 1.25. The molecule has 37 heavy (non-hydrogen) atoms. The zero-order chi connectivity index (χ0) is 27.0. The zero-order valence-corrected chi connectivity index (χ0v) is 22.0. The molecule has 196 valence electrons. The first kappa shape index (κ1) is 27.9. The summed E-state index contributed by atoms with van der Waals surface area (Å²) in [4.78, 5) is 28.6. The molecule has 0 heterocycles. The van der Waals surface area contributed by atoms with Crippen LogP contribution < -0.4 is 9.62 Å². The summed E-state index contributed by atoms with van der Waals surface area (Å²) in [6, 6.07) is 22.1. The van der Waals surface area contributed by atoms with Crippen LogP contribution in [0.4, 0.5) is 10.1 Å². The Bertz CT molecular complexity index is 1280. The summed E-state index contributed by atoms with van der Waals surface area (Å²) in [6.45, 7) is 3.15. The molecule has 0 aliphatic carbocycles. The van der Waals surface area contributed by atoms with Gasteiger partial charge >= 0.3 is 0 Å². The van der Waals surface area contributed by atoms with Gasteiger partial charge in [-0.05, 0) is 49.2 Å². The number of para-hydroxylation sites is 1. The van der Waals surface area contributed by atoms with Gasteiger partial charge in [-0.15, -0.1) is 0 Å². The van der Waals surface area contributed by atoms with Crippen LogP contribution in [0.25, 0.3) is 0 Å². The Morgan fingerprint density at radius 1 is 0.865 bits per heavy atom. The number of hydrogen-bond donors (Lipinski definition) is 1. The molecule has 0 aromatic heterocycles. The number of halogens is 1. The van der Waals surface area contributed by atoms with Crippen LogP contribution in [0.3, 0.4) is 0 Å². The van der Waals surface area contributed by atoms with E-state index in [1.165, 1.54) is 17.0 Å². The van der Waals surface area contributed by atoms with Gasteiger partial charge in [-0.2, -0.15) is 0 Å². The molecule has 0 radical (unpaired) electrons.